The number of aryl methyl sites for hydroxylation is 1. The zero-order valence-corrected chi connectivity index (χ0v) is 21.7. The summed E-state index contributed by atoms with van der Waals surface area (Å²) in [6.07, 6.45) is 4.33. The Kier molecular flexibility index (Phi) is 7.00. The van der Waals surface area contributed by atoms with Crippen LogP contribution in [-0.4, -0.2) is 14.3 Å². The maximum absolute atomic E-state index is 14.4. The lowest BCUT2D eigenvalue weighted by molar-refractivity contribution is -0.123. The van der Waals surface area contributed by atoms with Crippen molar-refractivity contribution in [3.8, 4) is 0 Å². The monoisotopic (exact) mass is 487 g/mol. The first-order valence-corrected chi connectivity index (χ1v) is 13.8. The van der Waals surface area contributed by atoms with E-state index in [9.17, 15) is 13.2 Å². The second-order valence-corrected chi connectivity index (χ2v) is 11.1. The van der Waals surface area contributed by atoms with Crippen LogP contribution in [0.25, 0.3) is 5.57 Å². The Morgan fingerprint density at radius 3 is 1.97 bits per heavy atom. The highest BCUT2D eigenvalue weighted by Crippen LogP contribution is 2.47. The van der Waals surface area contributed by atoms with E-state index in [-0.39, 0.29) is 10.3 Å². The summed E-state index contributed by atoms with van der Waals surface area (Å²) < 4.78 is 29.2. The van der Waals surface area contributed by atoms with E-state index in [1.165, 1.54) is 0 Å². The van der Waals surface area contributed by atoms with Crippen LogP contribution >= 0.6 is 0 Å². The molecule has 0 aromatic heterocycles. The number of nitrogens with zero attached hydrogens (tertiary/aromatic N) is 1. The van der Waals surface area contributed by atoms with Crippen LogP contribution in [0.4, 0.5) is 5.69 Å². The maximum atomic E-state index is 14.4. The number of fused-ring (bicyclic) bond motifs is 1. The Labute approximate surface area is 209 Å². The number of benzene rings is 3. The Hall–Kier alpha value is -3.18. The summed E-state index contributed by atoms with van der Waals surface area (Å²) in [5.74, 6) is -0.986. The molecule has 4 rings (SSSR count). The van der Waals surface area contributed by atoms with Crippen molar-refractivity contribution in [3.63, 3.8) is 0 Å². The largest absolute Gasteiger partial charge is 0.273 e. The number of amides is 1. The van der Waals surface area contributed by atoms with E-state index >= 15 is 0 Å². The maximum Gasteiger partial charge on any atom is 0.270 e. The normalized spacial score (nSPS) is 16.5. The van der Waals surface area contributed by atoms with Gasteiger partial charge in [-0.15, -0.1) is 0 Å². The minimum Gasteiger partial charge on any atom is -0.273 e. The van der Waals surface area contributed by atoms with Crippen LogP contribution in [0.15, 0.2) is 89.8 Å². The first-order valence-electron chi connectivity index (χ1n) is 12.3. The van der Waals surface area contributed by atoms with Gasteiger partial charge in [-0.05, 0) is 60.9 Å². The molecule has 35 heavy (non-hydrogen) atoms. The summed E-state index contributed by atoms with van der Waals surface area (Å²) in [5.41, 5.74) is 3.58. The van der Waals surface area contributed by atoms with Crippen LogP contribution in [0.1, 0.15) is 56.7 Å². The number of carbonyl (C=O) groups excluding carboxylic acids is 1. The molecule has 3 aromatic carbocycles. The van der Waals surface area contributed by atoms with Gasteiger partial charge in [0.2, 0.25) is 5.91 Å². The third-order valence-corrected chi connectivity index (χ3v) is 9.35. The summed E-state index contributed by atoms with van der Waals surface area (Å²) >= 11 is 0. The lowest BCUT2D eigenvalue weighted by Gasteiger charge is -2.38. The van der Waals surface area contributed by atoms with Gasteiger partial charge < -0.3 is 0 Å². The van der Waals surface area contributed by atoms with E-state index in [4.69, 9.17) is 0 Å². The number of para-hydroxylation sites is 1. The van der Waals surface area contributed by atoms with Crippen LogP contribution < -0.4 is 4.31 Å². The van der Waals surface area contributed by atoms with E-state index in [0.717, 1.165) is 45.8 Å². The van der Waals surface area contributed by atoms with Crippen molar-refractivity contribution in [2.75, 3.05) is 4.31 Å². The van der Waals surface area contributed by atoms with Gasteiger partial charge in [-0.3, -0.25) is 4.79 Å². The molecule has 3 aromatic rings. The molecule has 0 fully saturated rings. The molecule has 1 aliphatic heterocycles. The first-order chi connectivity index (χ1) is 16.8. The summed E-state index contributed by atoms with van der Waals surface area (Å²) in [7, 11) is -4.14. The summed E-state index contributed by atoms with van der Waals surface area (Å²) in [6.45, 7) is 8.18. The Morgan fingerprint density at radius 1 is 0.800 bits per heavy atom. The molecule has 182 valence electrons. The topological polar surface area (TPSA) is 54.5 Å². The number of sulfonamides is 1. The van der Waals surface area contributed by atoms with Crippen molar-refractivity contribution in [2.45, 2.75) is 51.9 Å². The standard InChI is InChI=1S/C30H33NO3S/c1-5-30(6-2,7-3)27-21-26(23-13-9-8-10-14-23)25-15-11-12-16-28(25)31(29(27)32)35(33,34)24-19-17-22(4)18-20-24/h8-21,27H,5-7H2,1-4H3. The molecule has 0 saturated carbocycles. The fraction of sp³-hybridized carbons (Fsp3) is 0.300. The highest BCUT2D eigenvalue weighted by atomic mass is 32.2. The number of hydrogen-bond donors (Lipinski definition) is 0. The number of carbonyl (C=O) groups is 1. The van der Waals surface area contributed by atoms with Gasteiger partial charge in [0.15, 0.2) is 0 Å². The van der Waals surface area contributed by atoms with Crippen LogP contribution in [0, 0.1) is 18.3 Å². The molecule has 5 heteroatoms. The average Bonchev–Trinajstić information content (AvgIpc) is 3.01. The molecular weight excluding hydrogens is 454 g/mol. The van der Waals surface area contributed by atoms with Crippen molar-refractivity contribution in [1.82, 2.24) is 0 Å². The second kappa shape index (κ2) is 9.82. The third-order valence-electron chi connectivity index (χ3n) is 7.63. The summed E-state index contributed by atoms with van der Waals surface area (Å²) in [6, 6.07) is 23.9. The van der Waals surface area contributed by atoms with Crippen LogP contribution in [0.5, 0.6) is 0 Å². The molecule has 0 bridgehead atoms. The smallest absolute Gasteiger partial charge is 0.270 e. The molecular formula is C30H33NO3S. The molecule has 0 radical (unpaired) electrons. The van der Waals surface area contributed by atoms with Crippen molar-refractivity contribution in [3.05, 3.63) is 102 Å². The van der Waals surface area contributed by atoms with E-state index in [0.29, 0.717) is 5.69 Å². The zero-order valence-electron chi connectivity index (χ0n) is 20.9. The van der Waals surface area contributed by atoms with Gasteiger partial charge in [0.25, 0.3) is 10.0 Å². The lowest BCUT2D eigenvalue weighted by atomic mass is 9.68. The molecule has 1 aliphatic rings. The molecule has 1 atom stereocenters. The van der Waals surface area contributed by atoms with Gasteiger partial charge in [-0.2, -0.15) is 0 Å². The Balaban J connectivity index is 2.04. The molecule has 0 N–H and O–H groups in total. The third kappa shape index (κ3) is 4.34. The number of rotatable bonds is 7. The van der Waals surface area contributed by atoms with Crippen molar-refractivity contribution < 1.29 is 13.2 Å². The minimum atomic E-state index is -4.14. The van der Waals surface area contributed by atoms with Gasteiger partial charge in [-0.25, -0.2) is 12.7 Å². The molecule has 0 spiro atoms. The molecule has 0 aliphatic carbocycles. The van der Waals surface area contributed by atoms with Crippen LogP contribution in [0.3, 0.4) is 0 Å². The zero-order chi connectivity index (χ0) is 25.2. The quantitative estimate of drug-likeness (QED) is 0.361. The fourth-order valence-corrected chi connectivity index (χ4v) is 6.69. The van der Waals surface area contributed by atoms with E-state index in [1.807, 2.05) is 55.5 Å². The van der Waals surface area contributed by atoms with E-state index in [2.05, 4.69) is 20.8 Å². The van der Waals surface area contributed by atoms with Gasteiger partial charge in [0, 0.05) is 5.56 Å². The Bertz CT molecular complexity index is 1330. The number of anilines is 1. The van der Waals surface area contributed by atoms with Crippen molar-refractivity contribution >= 4 is 27.2 Å². The second-order valence-electron chi connectivity index (χ2n) is 9.28. The van der Waals surface area contributed by atoms with Crippen LogP contribution in [0.2, 0.25) is 0 Å². The molecule has 1 heterocycles. The highest BCUT2D eigenvalue weighted by molar-refractivity contribution is 7.93. The fourth-order valence-electron chi connectivity index (χ4n) is 5.23. The van der Waals surface area contributed by atoms with Crippen molar-refractivity contribution in [1.29, 1.82) is 0 Å². The van der Waals surface area contributed by atoms with Crippen LogP contribution in [-0.2, 0) is 14.8 Å². The SMILES string of the molecule is CCC(CC)(CC)C1C=C(c2ccccc2)c2ccccc2N(S(=O)(=O)c2ccc(C)cc2)C1=O. The Morgan fingerprint density at radius 2 is 1.37 bits per heavy atom. The van der Waals surface area contributed by atoms with Gasteiger partial charge in [0.1, 0.15) is 0 Å². The number of hydrogen-bond acceptors (Lipinski definition) is 3. The first kappa shape index (κ1) is 24.9. The predicted molar refractivity (Wildman–Crippen MR) is 143 cm³/mol. The summed E-state index contributed by atoms with van der Waals surface area (Å²) in [4.78, 5) is 14.5. The highest BCUT2D eigenvalue weighted by Gasteiger charge is 2.46. The minimum absolute atomic E-state index is 0.114. The van der Waals surface area contributed by atoms with Crippen molar-refractivity contribution in [2.24, 2.45) is 11.3 Å². The molecule has 1 unspecified atom stereocenters. The molecule has 0 saturated heterocycles. The molecule has 4 nitrogen and oxygen atoms in total. The lowest BCUT2D eigenvalue weighted by Crippen LogP contribution is -2.45. The summed E-state index contributed by atoms with van der Waals surface area (Å²) in [5, 5.41) is 0. The van der Waals surface area contributed by atoms with Gasteiger partial charge in [-0.1, -0.05) is 93.1 Å². The molecule has 1 amide bonds. The van der Waals surface area contributed by atoms with E-state index < -0.39 is 21.8 Å². The van der Waals surface area contributed by atoms with E-state index in [1.54, 1.807) is 36.4 Å². The van der Waals surface area contributed by atoms with Gasteiger partial charge >= 0.3 is 0 Å². The average molecular weight is 488 g/mol. The predicted octanol–water partition coefficient (Wildman–Crippen LogP) is 6.99. The van der Waals surface area contributed by atoms with Gasteiger partial charge in [0.05, 0.1) is 16.5 Å².